The fraction of sp³-hybridized carbons (Fsp3) is 0.333. The summed E-state index contributed by atoms with van der Waals surface area (Å²) < 4.78 is 10.9. The first-order chi connectivity index (χ1) is 12.7. The number of halogens is 1. The molecule has 0 aliphatic rings. The summed E-state index contributed by atoms with van der Waals surface area (Å²) in [6.07, 6.45) is -0.884. The van der Waals surface area contributed by atoms with Gasteiger partial charge in [-0.25, -0.2) is 4.79 Å². The molecule has 6 heteroatoms. The SMILES string of the molecule is Cc1cc(OC(C)C(=O)Nc2ccc(C(=O)OC(C)C)cc2)cc(C)c1Cl. The number of benzene rings is 2. The average molecular weight is 390 g/mol. The summed E-state index contributed by atoms with van der Waals surface area (Å²) in [7, 11) is 0. The fourth-order valence-corrected chi connectivity index (χ4v) is 2.56. The smallest absolute Gasteiger partial charge is 0.338 e. The predicted molar refractivity (Wildman–Crippen MR) is 107 cm³/mol. The van der Waals surface area contributed by atoms with Gasteiger partial charge in [0.05, 0.1) is 11.7 Å². The van der Waals surface area contributed by atoms with E-state index in [0.717, 1.165) is 11.1 Å². The Kier molecular flexibility index (Phi) is 6.86. The molecule has 0 radical (unpaired) electrons. The third-order valence-electron chi connectivity index (χ3n) is 3.82. The summed E-state index contributed by atoms with van der Waals surface area (Å²) in [4.78, 5) is 24.2. The van der Waals surface area contributed by atoms with E-state index in [1.165, 1.54) is 0 Å². The van der Waals surface area contributed by atoms with Crippen LogP contribution < -0.4 is 10.1 Å². The van der Waals surface area contributed by atoms with Crippen molar-refractivity contribution in [1.82, 2.24) is 0 Å². The summed E-state index contributed by atoms with van der Waals surface area (Å²) in [5, 5.41) is 3.46. The highest BCUT2D eigenvalue weighted by Crippen LogP contribution is 2.26. The third kappa shape index (κ3) is 5.73. The number of ether oxygens (including phenoxy) is 2. The van der Waals surface area contributed by atoms with Crippen molar-refractivity contribution < 1.29 is 19.1 Å². The lowest BCUT2D eigenvalue weighted by Crippen LogP contribution is -2.30. The topological polar surface area (TPSA) is 64.6 Å². The number of esters is 1. The van der Waals surface area contributed by atoms with Crippen LogP contribution in [0.2, 0.25) is 5.02 Å². The van der Waals surface area contributed by atoms with E-state index < -0.39 is 12.1 Å². The van der Waals surface area contributed by atoms with Gasteiger partial charge in [-0.2, -0.15) is 0 Å². The van der Waals surface area contributed by atoms with E-state index in [2.05, 4.69) is 5.32 Å². The monoisotopic (exact) mass is 389 g/mol. The molecule has 1 unspecified atom stereocenters. The standard InChI is InChI=1S/C21H24ClNO4/c1-12(2)26-21(25)16-6-8-17(9-7-16)23-20(24)15(5)27-18-10-13(3)19(22)14(4)11-18/h6-12,15H,1-5H3,(H,23,24). The second-order valence-corrected chi connectivity index (χ2v) is 7.03. The molecule has 0 heterocycles. The normalized spacial score (nSPS) is 11.8. The van der Waals surface area contributed by atoms with Crippen molar-refractivity contribution >= 4 is 29.2 Å². The number of carbonyl (C=O) groups excluding carboxylic acids is 2. The van der Waals surface area contributed by atoms with Crippen molar-refractivity contribution in [2.45, 2.75) is 46.8 Å². The number of rotatable bonds is 6. The Balaban J connectivity index is 1.99. The lowest BCUT2D eigenvalue weighted by Gasteiger charge is -2.16. The van der Waals surface area contributed by atoms with Crippen LogP contribution in [0.3, 0.4) is 0 Å². The van der Waals surface area contributed by atoms with Crippen molar-refractivity contribution in [3.63, 3.8) is 0 Å². The van der Waals surface area contributed by atoms with Crippen LogP contribution in [0.5, 0.6) is 5.75 Å². The van der Waals surface area contributed by atoms with Gasteiger partial charge < -0.3 is 14.8 Å². The van der Waals surface area contributed by atoms with Crippen LogP contribution in [-0.4, -0.2) is 24.1 Å². The molecule has 27 heavy (non-hydrogen) atoms. The van der Waals surface area contributed by atoms with Gasteiger partial charge in [-0.3, -0.25) is 4.79 Å². The van der Waals surface area contributed by atoms with Crippen molar-refractivity contribution in [3.05, 3.63) is 58.1 Å². The molecule has 0 saturated heterocycles. The maximum Gasteiger partial charge on any atom is 0.338 e. The number of hydrogen-bond acceptors (Lipinski definition) is 4. The van der Waals surface area contributed by atoms with Crippen LogP contribution in [0.15, 0.2) is 36.4 Å². The van der Waals surface area contributed by atoms with Crippen LogP contribution in [-0.2, 0) is 9.53 Å². The van der Waals surface area contributed by atoms with Crippen molar-refractivity contribution in [2.75, 3.05) is 5.32 Å². The Morgan fingerprint density at radius 2 is 1.56 bits per heavy atom. The van der Waals surface area contributed by atoms with E-state index in [1.807, 2.05) is 13.8 Å². The van der Waals surface area contributed by atoms with E-state index in [0.29, 0.717) is 22.0 Å². The van der Waals surface area contributed by atoms with Gasteiger partial charge in [0, 0.05) is 10.7 Å². The van der Waals surface area contributed by atoms with E-state index in [1.54, 1.807) is 57.2 Å². The van der Waals surface area contributed by atoms with Gasteiger partial charge in [0.25, 0.3) is 5.91 Å². The molecule has 1 N–H and O–H groups in total. The summed E-state index contributed by atoms with van der Waals surface area (Å²) in [5.41, 5.74) is 2.78. The molecule has 144 valence electrons. The van der Waals surface area contributed by atoms with Crippen LogP contribution in [0.4, 0.5) is 5.69 Å². The molecule has 1 amide bonds. The van der Waals surface area contributed by atoms with E-state index in [-0.39, 0.29) is 12.0 Å². The Hall–Kier alpha value is -2.53. The Labute approximate surface area is 164 Å². The molecule has 0 spiro atoms. The number of nitrogens with one attached hydrogen (secondary N) is 1. The van der Waals surface area contributed by atoms with Gasteiger partial charge in [-0.1, -0.05) is 11.6 Å². The number of aryl methyl sites for hydroxylation is 2. The van der Waals surface area contributed by atoms with E-state index >= 15 is 0 Å². The van der Waals surface area contributed by atoms with Crippen LogP contribution in [0.25, 0.3) is 0 Å². The Bertz CT molecular complexity index is 808. The second-order valence-electron chi connectivity index (χ2n) is 6.65. The van der Waals surface area contributed by atoms with E-state index in [9.17, 15) is 9.59 Å². The molecule has 1 atom stereocenters. The van der Waals surface area contributed by atoms with Crippen LogP contribution >= 0.6 is 11.6 Å². The highest BCUT2D eigenvalue weighted by Gasteiger charge is 2.16. The number of carbonyl (C=O) groups is 2. The minimum Gasteiger partial charge on any atom is -0.481 e. The van der Waals surface area contributed by atoms with Gasteiger partial charge >= 0.3 is 5.97 Å². The molecule has 2 rings (SSSR count). The molecule has 0 aliphatic carbocycles. The van der Waals surface area contributed by atoms with E-state index in [4.69, 9.17) is 21.1 Å². The molecule has 0 aliphatic heterocycles. The highest BCUT2D eigenvalue weighted by atomic mass is 35.5. The van der Waals surface area contributed by atoms with Gasteiger partial charge in [0.15, 0.2) is 6.10 Å². The van der Waals surface area contributed by atoms with Crippen molar-refractivity contribution in [1.29, 1.82) is 0 Å². The van der Waals surface area contributed by atoms with Gasteiger partial charge in [-0.05, 0) is 82.1 Å². The van der Waals surface area contributed by atoms with Gasteiger partial charge in [-0.15, -0.1) is 0 Å². The average Bonchev–Trinajstić information content (AvgIpc) is 2.59. The molecule has 2 aromatic rings. The van der Waals surface area contributed by atoms with Crippen LogP contribution in [0, 0.1) is 13.8 Å². The van der Waals surface area contributed by atoms with Gasteiger partial charge in [0.1, 0.15) is 5.75 Å². The molecular formula is C21H24ClNO4. The summed E-state index contributed by atoms with van der Waals surface area (Å²) in [6.45, 7) is 9.02. The summed E-state index contributed by atoms with van der Waals surface area (Å²) in [5.74, 6) is -0.102. The number of anilines is 1. The van der Waals surface area contributed by atoms with Crippen LogP contribution in [0.1, 0.15) is 42.3 Å². The van der Waals surface area contributed by atoms with Gasteiger partial charge in [0.2, 0.25) is 0 Å². The predicted octanol–water partition coefficient (Wildman–Crippen LogP) is 4.93. The lowest BCUT2D eigenvalue weighted by atomic mass is 10.1. The summed E-state index contributed by atoms with van der Waals surface area (Å²) >= 11 is 6.15. The quantitative estimate of drug-likeness (QED) is 0.711. The first-order valence-corrected chi connectivity index (χ1v) is 9.10. The lowest BCUT2D eigenvalue weighted by molar-refractivity contribution is -0.122. The molecule has 2 aromatic carbocycles. The Morgan fingerprint density at radius 3 is 2.07 bits per heavy atom. The minimum absolute atomic E-state index is 0.185. The molecule has 0 fully saturated rings. The molecule has 0 aromatic heterocycles. The summed E-state index contributed by atoms with van der Waals surface area (Å²) in [6, 6.07) is 10.1. The molecule has 5 nitrogen and oxygen atoms in total. The molecule has 0 bridgehead atoms. The van der Waals surface area contributed by atoms with Crippen molar-refractivity contribution in [3.8, 4) is 5.75 Å². The minimum atomic E-state index is -0.699. The second kappa shape index (κ2) is 8.91. The Morgan fingerprint density at radius 1 is 1.00 bits per heavy atom. The molecular weight excluding hydrogens is 366 g/mol. The fourth-order valence-electron chi connectivity index (χ4n) is 2.45. The van der Waals surface area contributed by atoms with Crippen molar-refractivity contribution in [2.24, 2.45) is 0 Å². The maximum atomic E-state index is 12.4. The zero-order valence-corrected chi connectivity index (χ0v) is 16.9. The zero-order chi connectivity index (χ0) is 20.1. The number of amides is 1. The first-order valence-electron chi connectivity index (χ1n) is 8.72. The zero-order valence-electron chi connectivity index (χ0n) is 16.1. The third-order valence-corrected chi connectivity index (χ3v) is 4.42. The largest absolute Gasteiger partial charge is 0.481 e. The first kappa shape index (κ1) is 20.8. The maximum absolute atomic E-state index is 12.4. The number of hydrogen-bond donors (Lipinski definition) is 1. The molecule has 0 saturated carbocycles. The highest BCUT2D eigenvalue weighted by molar-refractivity contribution is 6.32.